The average molecular weight is 360 g/mol. The number of thiazole rings is 1. The molecule has 0 fully saturated rings. The lowest BCUT2D eigenvalue weighted by atomic mass is 9.99. The minimum absolute atomic E-state index is 0.0983. The monoisotopic (exact) mass is 360 g/mol. The van der Waals surface area contributed by atoms with Crippen LogP contribution in [0.3, 0.4) is 0 Å². The van der Waals surface area contributed by atoms with Crippen molar-refractivity contribution >= 4 is 23.2 Å². The van der Waals surface area contributed by atoms with Crippen molar-refractivity contribution < 1.29 is 14.7 Å². The molecule has 5 nitrogen and oxygen atoms in total. The first-order valence-corrected chi connectivity index (χ1v) is 9.19. The molecule has 1 aromatic heterocycles. The maximum atomic E-state index is 12.5. The minimum Gasteiger partial charge on any atom is -0.481 e. The van der Waals surface area contributed by atoms with E-state index in [1.807, 2.05) is 37.3 Å². The van der Waals surface area contributed by atoms with Gasteiger partial charge in [0.1, 0.15) is 4.88 Å². The number of rotatable bonds is 8. The van der Waals surface area contributed by atoms with Crippen LogP contribution in [0.25, 0.3) is 0 Å². The molecule has 134 valence electrons. The summed E-state index contributed by atoms with van der Waals surface area (Å²) in [7, 11) is 0. The van der Waals surface area contributed by atoms with Crippen molar-refractivity contribution in [2.24, 2.45) is 11.8 Å². The number of carbonyl (C=O) groups excluding carboxylic acids is 1. The van der Waals surface area contributed by atoms with Gasteiger partial charge in [-0.05, 0) is 31.2 Å². The van der Waals surface area contributed by atoms with Crippen LogP contribution in [0.1, 0.15) is 39.8 Å². The zero-order valence-corrected chi connectivity index (χ0v) is 15.6. The van der Waals surface area contributed by atoms with Gasteiger partial charge in [-0.3, -0.25) is 9.59 Å². The number of aliphatic carboxylic acids is 1. The van der Waals surface area contributed by atoms with Gasteiger partial charge in [-0.1, -0.05) is 44.2 Å². The number of carbonyl (C=O) groups is 2. The van der Waals surface area contributed by atoms with Crippen LogP contribution in [-0.2, 0) is 17.6 Å². The zero-order chi connectivity index (χ0) is 18.4. The van der Waals surface area contributed by atoms with Gasteiger partial charge in [-0.2, -0.15) is 0 Å². The van der Waals surface area contributed by atoms with E-state index in [9.17, 15) is 14.7 Å². The fraction of sp³-hybridized carbons (Fsp3) is 0.421. The van der Waals surface area contributed by atoms with Crippen molar-refractivity contribution in [1.29, 1.82) is 0 Å². The van der Waals surface area contributed by atoms with Crippen LogP contribution in [0.4, 0.5) is 0 Å². The second kappa shape index (κ2) is 8.76. The number of benzene rings is 1. The topological polar surface area (TPSA) is 79.3 Å². The maximum absolute atomic E-state index is 12.5. The highest BCUT2D eigenvalue weighted by Crippen LogP contribution is 2.21. The van der Waals surface area contributed by atoms with E-state index in [-0.39, 0.29) is 12.5 Å². The Hall–Kier alpha value is -2.21. The van der Waals surface area contributed by atoms with E-state index in [4.69, 9.17) is 0 Å². The molecule has 6 heteroatoms. The Kier molecular flexibility index (Phi) is 6.70. The van der Waals surface area contributed by atoms with Crippen LogP contribution in [0, 0.1) is 18.8 Å². The van der Waals surface area contributed by atoms with Gasteiger partial charge in [-0.15, -0.1) is 11.3 Å². The molecule has 1 amide bonds. The summed E-state index contributed by atoms with van der Waals surface area (Å²) >= 11 is 1.36. The summed E-state index contributed by atoms with van der Waals surface area (Å²) in [5.74, 6) is -1.40. The highest BCUT2D eigenvalue weighted by Gasteiger charge is 2.22. The molecule has 1 heterocycles. The van der Waals surface area contributed by atoms with Gasteiger partial charge in [0.2, 0.25) is 0 Å². The molecule has 1 aromatic carbocycles. The van der Waals surface area contributed by atoms with E-state index in [0.717, 1.165) is 22.7 Å². The van der Waals surface area contributed by atoms with Crippen molar-refractivity contribution in [3.63, 3.8) is 0 Å². The highest BCUT2D eigenvalue weighted by molar-refractivity contribution is 7.13. The normalized spacial score (nSPS) is 12.2. The molecule has 25 heavy (non-hydrogen) atoms. The summed E-state index contributed by atoms with van der Waals surface area (Å²) in [5, 5.41) is 13.1. The van der Waals surface area contributed by atoms with Crippen LogP contribution in [0.15, 0.2) is 30.3 Å². The molecule has 2 N–H and O–H groups in total. The fourth-order valence-corrected chi connectivity index (χ4v) is 3.48. The molecule has 2 rings (SSSR count). The van der Waals surface area contributed by atoms with Gasteiger partial charge in [0, 0.05) is 6.54 Å². The first-order chi connectivity index (χ1) is 11.9. The molecule has 1 atom stereocenters. The number of aromatic nitrogens is 1. The summed E-state index contributed by atoms with van der Waals surface area (Å²) < 4.78 is 0. The number of hydrogen-bond donors (Lipinski definition) is 2. The molecule has 0 radical (unpaired) electrons. The van der Waals surface area contributed by atoms with Gasteiger partial charge in [0.05, 0.1) is 16.6 Å². The third-order valence-corrected chi connectivity index (χ3v) is 4.81. The molecule has 2 aromatic rings. The quantitative estimate of drug-likeness (QED) is 0.757. The second-order valence-electron chi connectivity index (χ2n) is 6.54. The predicted octanol–water partition coefficient (Wildman–Crippen LogP) is 3.32. The van der Waals surface area contributed by atoms with E-state index in [0.29, 0.717) is 17.2 Å². The van der Waals surface area contributed by atoms with Crippen molar-refractivity contribution in [1.82, 2.24) is 10.3 Å². The molecule has 0 spiro atoms. The molecule has 0 bridgehead atoms. The average Bonchev–Trinajstić information content (AvgIpc) is 2.91. The third kappa shape index (κ3) is 5.67. The van der Waals surface area contributed by atoms with Gasteiger partial charge in [0.25, 0.3) is 5.91 Å². The predicted molar refractivity (Wildman–Crippen MR) is 99.0 cm³/mol. The molecule has 0 aliphatic carbocycles. The number of carboxylic acid groups (broad SMARTS) is 1. The van der Waals surface area contributed by atoms with Crippen molar-refractivity contribution in [2.45, 2.75) is 33.6 Å². The molecule has 1 unspecified atom stereocenters. The number of hydrogen-bond acceptors (Lipinski definition) is 4. The highest BCUT2D eigenvalue weighted by atomic mass is 32.1. The molecular formula is C19H24N2O3S. The lowest BCUT2D eigenvalue weighted by molar-refractivity contribution is -0.141. The van der Waals surface area contributed by atoms with E-state index in [1.165, 1.54) is 11.3 Å². The lowest BCUT2D eigenvalue weighted by Gasteiger charge is -2.13. The Morgan fingerprint density at radius 1 is 1.20 bits per heavy atom. The Morgan fingerprint density at radius 2 is 1.88 bits per heavy atom. The maximum Gasteiger partial charge on any atom is 0.308 e. The summed E-state index contributed by atoms with van der Waals surface area (Å²) in [6.07, 6.45) is 1.12. The first-order valence-electron chi connectivity index (χ1n) is 8.38. The number of amides is 1. The molecule has 0 saturated carbocycles. The third-order valence-electron chi connectivity index (χ3n) is 3.80. The van der Waals surface area contributed by atoms with Crippen LogP contribution < -0.4 is 5.32 Å². The Balaban J connectivity index is 2.03. The SMILES string of the molecule is Cc1nc(CC(C)C)c(C(=O)NCC(Cc2ccccc2)C(=O)O)s1. The van der Waals surface area contributed by atoms with E-state index in [1.54, 1.807) is 0 Å². The van der Waals surface area contributed by atoms with Crippen molar-refractivity contribution in [3.05, 3.63) is 51.5 Å². The largest absolute Gasteiger partial charge is 0.481 e. The van der Waals surface area contributed by atoms with Crippen molar-refractivity contribution in [2.75, 3.05) is 6.54 Å². The van der Waals surface area contributed by atoms with Gasteiger partial charge in [-0.25, -0.2) is 4.98 Å². The molecule has 0 aliphatic rings. The summed E-state index contributed by atoms with van der Waals surface area (Å²) in [5.41, 5.74) is 1.74. The van der Waals surface area contributed by atoms with Crippen molar-refractivity contribution in [3.8, 4) is 0 Å². The number of nitrogens with zero attached hydrogens (tertiary/aromatic N) is 1. The zero-order valence-electron chi connectivity index (χ0n) is 14.8. The Labute approximate surface area is 152 Å². The first kappa shape index (κ1) is 19.1. The van der Waals surface area contributed by atoms with Crippen LogP contribution >= 0.6 is 11.3 Å². The lowest BCUT2D eigenvalue weighted by Crippen LogP contribution is -2.34. The number of nitrogens with one attached hydrogen (secondary N) is 1. The van der Waals surface area contributed by atoms with Crippen LogP contribution in [0.2, 0.25) is 0 Å². The Bertz CT molecular complexity index is 726. The van der Waals surface area contributed by atoms with E-state index < -0.39 is 11.9 Å². The Morgan fingerprint density at radius 3 is 2.48 bits per heavy atom. The summed E-state index contributed by atoms with van der Waals surface area (Å²) in [6.45, 7) is 6.13. The van der Waals surface area contributed by atoms with Crippen LogP contribution in [-0.4, -0.2) is 28.5 Å². The van der Waals surface area contributed by atoms with Gasteiger partial charge < -0.3 is 10.4 Å². The molecule has 0 saturated heterocycles. The van der Waals surface area contributed by atoms with Crippen LogP contribution in [0.5, 0.6) is 0 Å². The number of aryl methyl sites for hydroxylation is 1. The van der Waals surface area contributed by atoms with Gasteiger partial charge in [0.15, 0.2) is 0 Å². The van der Waals surface area contributed by atoms with E-state index >= 15 is 0 Å². The smallest absolute Gasteiger partial charge is 0.308 e. The minimum atomic E-state index is -0.910. The summed E-state index contributed by atoms with van der Waals surface area (Å²) in [4.78, 5) is 29.1. The summed E-state index contributed by atoms with van der Waals surface area (Å²) in [6, 6.07) is 9.44. The standard InChI is InChI=1S/C19H24N2O3S/c1-12(2)9-16-17(25-13(3)21-16)18(22)20-11-15(19(23)24)10-14-7-5-4-6-8-14/h4-8,12,15H,9-11H2,1-3H3,(H,20,22)(H,23,24). The number of carboxylic acids is 1. The van der Waals surface area contributed by atoms with E-state index in [2.05, 4.69) is 24.1 Å². The molecule has 0 aliphatic heterocycles. The van der Waals surface area contributed by atoms with Gasteiger partial charge >= 0.3 is 5.97 Å². The fourth-order valence-electron chi connectivity index (χ4n) is 2.61. The second-order valence-corrected chi connectivity index (χ2v) is 7.74. The molecular weight excluding hydrogens is 336 g/mol.